The van der Waals surface area contributed by atoms with Crippen LogP contribution in [0.2, 0.25) is 0 Å². The van der Waals surface area contributed by atoms with E-state index in [0.717, 1.165) is 18.7 Å². The summed E-state index contributed by atoms with van der Waals surface area (Å²) in [7, 11) is -0.327. The largest absolute Gasteiger partial charge is 0.495 e. The summed E-state index contributed by atoms with van der Waals surface area (Å²) < 4.78 is 33.4. The second kappa shape index (κ2) is 11.0. The number of sulfonamides is 1. The molecule has 0 aliphatic carbocycles. The lowest BCUT2D eigenvalue weighted by Gasteiger charge is -2.32. The Labute approximate surface area is 213 Å². The van der Waals surface area contributed by atoms with E-state index in [9.17, 15) is 18.0 Å². The Morgan fingerprint density at radius 2 is 1.69 bits per heavy atom. The summed E-state index contributed by atoms with van der Waals surface area (Å²) in [6, 6.07) is 11.9. The maximum atomic E-state index is 13.4. The van der Waals surface area contributed by atoms with E-state index >= 15 is 0 Å². The molecule has 36 heavy (non-hydrogen) atoms. The first-order chi connectivity index (χ1) is 17.2. The van der Waals surface area contributed by atoms with Gasteiger partial charge in [0.05, 0.1) is 13.0 Å². The molecule has 194 valence electrons. The molecule has 2 aromatic rings. The van der Waals surface area contributed by atoms with Crippen molar-refractivity contribution in [3.63, 3.8) is 0 Å². The Morgan fingerprint density at radius 1 is 1.00 bits per heavy atom. The van der Waals surface area contributed by atoms with E-state index in [1.807, 2.05) is 18.9 Å². The van der Waals surface area contributed by atoms with E-state index in [-0.39, 0.29) is 23.3 Å². The van der Waals surface area contributed by atoms with Crippen LogP contribution in [-0.4, -0.2) is 87.8 Å². The second-order valence-corrected chi connectivity index (χ2v) is 11.4. The van der Waals surface area contributed by atoms with Crippen LogP contribution in [0.4, 0.5) is 5.69 Å². The first kappa shape index (κ1) is 26.1. The van der Waals surface area contributed by atoms with Crippen molar-refractivity contribution in [3.05, 3.63) is 53.6 Å². The Morgan fingerprint density at radius 3 is 2.36 bits per heavy atom. The number of piperidine rings is 1. The number of hydrogen-bond donors (Lipinski definition) is 1. The zero-order valence-electron chi connectivity index (χ0n) is 21.1. The normalized spacial score (nSPS) is 19.6. The Balaban J connectivity index is 1.40. The third kappa shape index (κ3) is 5.71. The highest BCUT2D eigenvalue weighted by molar-refractivity contribution is 7.89. The van der Waals surface area contributed by atoms with Crippen LogP contribution >= 0.6 is 0 Å². The van der Waals surface area contributed by atoms with Crippen molar-refractivity contribution >= 4 is 27.5 Å². The van der Waals surface area contributed by atoms with E-state index in [0.29, 0.717) is 49.5 Å². The minimum absolute atomic E-state index is 0.0133. The summed E-state index contributed by atoms with van der Waals surface area (Å²) in [5, 5.41) is 2.89. The minimum Gasteiger partial charge on any atom is -0.495 e. The SMILES string of the molecule is COc1ccc(C)cc1S(=O)(=O)N1CCCC(C(=O)Nc2ccc(C(=O)N3CCN(C)CC3)cc2)C1. The number of aryl methyl sites for hydroxylation is 1. The average Bonchev–Trinajstić information content (AvgIpc) is 2.89. The molecule has 2 fully saturated rings. The number of hydrogen-bond acceptors (Lipinski definition) is 6. The Kier molecular flexibility index (Phi) is 7.97. The van der Waals surface area contributed by atoms with Crippen molar-refractivity contribution < 1.29 is 22.7 Å². The number of piperazine rings is 1. The monoisotopic (exact) mass is 514 g/mol. The molecule has 0 aromatic heterocycles. The molecule has 2 aliphatic heterocycles. The van der Waals surface area contributed by atoms with E-state index in [1.54, 1.807) is 42.5 Å². The first-order valence-electron chi connectivity index (χ1n) is 12.2. The van der Waals surface area contributed by atoms with Gasteiger partial charge in [0.1, 0.15) is 10.6 Å². The van der Waals surface area contributed by atoms with E-state index in [4.69, 9.17) is 4.74 Å². The number of amides is 2. The molecule has 9 nitrogen and oxygen atoms in total. The first-order valence-corrected chi connectivity index (χ1v) is 13.7. The summed E-state index contributed by atoms with van der Waals surface area (Å²) in [5.74, 6) is -0.431. The zero-order valence-corrected chi connectivity index (χ0v) is 21.9. The number of methoxy groups -OCH3 is 1. The highest BCUT2D eigenvalue weighted by Crippen LogP contribution is 2.31. The maximum Gasteiger partial charge on any atom is 0.253 e. The number of anilines is 1. The number of likely N-dealkylation sites (N-methyl/N-ethyl adjacent to an activating group) is 1. The maximum absolute atomic E-state index is 13.4. The summed E-state index contributed by atoms with van der Waals surface area (Å²) in [5.41, 5.74) is 1.98. The smallest absolute Gasteiger partial charge is 0.253 e. The van der Waals surface area contributed by atoms with Crippen molar-refractivity contribution in [2.75, 3.05) is 58.7 Å². The molecule has 2 heterocycles. The molecule has 0 bridgehead atoms. The topological polar surface area (TPSA) is 99.3 Å². The molecule has 2 amide bonds. The zero-order chi connectivity index (χ0) is 25.9. The fourth-order valence-corrected chi connectivity index (χ4v) is 6.40. The van der Waals surface area contributed by atoms with Crippen molar-refractivity contribution in [1.82, 2.24) is 14.1 Å². The van der Waals surface area contributed by atoms with Gasteiger partial charge in [0, 0.05) is 50.5 Å². The quantitative estimate of drug-likeness (QED) is 0.636. The van der Waals surface area contributed by atoms with Gasteiger partial charge in [-0.1, -0.05) is 6.07 Å². The summed E-state index contributed by atoms with van der Waals surface area (Å²) in [4.78, 5) is 29.9. The fraction of sp³-hybridized carbons (Fsp3) is 0.462. The van der Waals surface area contributed by atoms with Gasteiger partial charge in [-0.05, 0) is 68.8 Å². The Bertz CT molecular complexity index is 1210. The predicted octanol–water partition coefficient (Wildman–Crippen LogP) is 2.43. The number of rotatable bonds is 6. The number of carbonyl (C=O) groups is 2. The van der Waals surface area contributed by atoms with Gasteiger partial charge in [0.15, 0.2) is 0 Å². The molecule has 0 spiro atoms. The van der Waals surface area contributed by atoms with Gasteiger partial charge < -0.3 is 19.9 Å². The van der Waals surface area contributed by atoms with Crippen LogP contribution in [0.15, 0.2) is 47.4 Å². The standard InChI is InChI=1S/C26H34N4O5S/c1-19-6-11-23(35-3)24(17-19)36(33,34)30-12-4-5-21(18-30)25(31)27-22-9-7-20(8-10-22)26(32)29-15-13-28(2)14-16-29/h6-11,17,21H,4-5,12-16,18H2,1-3H3,(H,27,31). The molecule has 4 rings (SSSR count). The molecule has 2 saturated heterocycles. The highest BCUT2D eigenvalue weighted by Gasteiger charge is 2.35. The predicted molar refractivity (Wildman–Crippen MR) is 138 cm³/mol. The number of nitrogens with zero attached hydrogens (tertiary/aromatic N) is 3. The van der Waals surface area contributed by atoms with Crippen molar-refractivity contribution in [2.45, 2.75) is 24.7 Å². The van der Waals surface area contributed by atoms with Gasteiger partial charge in [-0.3, -0.25) is 9.59 Å². The van der Waals surface area contributed by atoms with E-state index in [1.165, 1.54) is 11.4 Å². The molecule has 2 aliphatic rings. The molecular weight excluding hydrogens is 480 g/mol. The van der Waals surface area contributed by atoms with Crippen molar-refractivity contribution in [1.29, 1.82) is 0 Å². The molecule has 10 heteroatoms. The lowest BCUT2D eigenvalue weighted by Crippen LogP contribution is -2.47. The summed E-state index contributed by atoms with van der Waals surface area (Å²) >= 11 is 0. The van der Waals surface area contributed by atoms with Gasteiger partial charge in [0.25, 0.3) is 5.91 Å². The van der Waals surface area contributed by atoms with E-state index in [2.05, 4.69) is 10.2 Å². The van der Waals surface area contributed by atoms with Gasteiger partial charge in [0.2, 0.25) is 15.9 Å². The minimum atomic E-state index is -3.81. The summed E-state index contributed by atoms with van der Waals surface area (Å²) in [6.45, 7) is 5.38. The molecular formula is C26H34N4O5S. The van der Waals surface area contributed by atoms with Crippen LogP contribution in [-0.2, 0) is 14.8 Å². The van der Waals surface area contributed by atoms with Crippen LogP contribution in [0.25, 0.3) is 0 Å². The van der Waals surface area contributed by atoms with Gasteiger partial charge in [-0.25, -0.2) is 8.42 Å². The van der Waals surface area contributed by atoms with E-state index < -0.39 is 15.9 Å². The lowest BCUT2D eigenvalue weighted by molar-refractivity contribution is -0.120. The average molecular weight is 515 g/mol. The highest BCUT2D eigenvalue weighted by atomic mass is 32.2. The molecule has 0 saturated carbocycles. The fourth-order valence-electron chi connectivity index (χ4n) is 4.63. The third-order valence-corrected chi connectivity index (χ3v) is 8.77. The second-order valence-electron chi connectivity index (χ2n) is 9.52. The molecule has 0 radical (unpaired) electrons. The van der Waals surface area contributed by atoms with Gasteiger partial charge in [-0.2, -0.15) is 4.31 Å². The number of benzene rings is 2. The summed E-state index contributed by atoms with van der Waals surface area (Å²) in [6.07, 6.45) is 1.19. The number of nitrogens with one attached hydrogen (secondary N) is 1. The van der Waals surface area contributed by atoms with Crippen molar-refractivity contribution in [2.24, 2.45) is 5.92 Å². The molecule has 2 aromatic carbocycles. The number of ether oxygens (including phenoxy) is 1. The molecule has 1 unspecified atom stereocenters. The van der Waals surface area contributed by atoms with Crippen LogP contribution in [0.5, 0.6) is 5.75 Å². The third-order valence-electron chi connectivity index (χ3n) is 6.88. The lowest BCUT2D eigenvalue weighted by atomic mass is 9.98. The van der Waals surface area contributed by atoms with Crippen molar-refractivity contribution in [3.8, 4) is 5.75 Å². The Hall–Kier alpha value is -2.95. The van der Waals surface area contributed by atoms with Crippen LogP contribution in [0, 0.1) is 12.8 Å². The number of carbonyl (C=O) groups excluding carboxylic acids is 2. The molecule has 1 atom stereocenters. The van der Waals surface area contributed by atoms with Crippen LogP contribution < -0.4 is 10.1 Å². The van der Waals surface area contributed by atoms with Gasteiger partial charge in [-0.15, -0.1) is 0 Å². The van der Waals surface area contributed by atoms with Gasteiger partial charge >= 0.3 is 0 Å². The van der Waals surface area contributed by atoms with Crippen LogP contribution in [0.3, 0.4) is 0 Å². The molecule has 1 N–H and O–H groups in total. The van der Waals surface area contributed by atoms with Crippen LogP contribution in [0.1, 0.15) is 28.8 Å².